The lowest BCUT2D eigenvalue weighted by molar-refractivity contribution is 0.458. The molecule has 1 heterocycles. The summed E-state index contributed by atoms with van der Waals surface area (Å²) in [5.74, 6) is 1.98. The molecule has 0 saturated carbocycles. The molecule has 1 aromatic heterocycles. The number of benzene rings is 1. The summed E-state index contributed by atoms with van der Waals surface area (Å²) in [7, 11) is 0. The molecule has 0 bridgehead atoms. The first-order valence-electron chi connectivity index (χ1n) is 6.10. The van der Waals surface area contributed by atoms with Crippen molar-refractivity contribution in [2.75, 3.05) is 11.9 Å². The van der Waals surface area contributed by atoms with Gasteiger partial charge in [0.05, 0.1) is 0 Å². The Morgan fingerprint density at radius 1 is 1.22 bits per heavy atom. The lowest BCUT2D eigenvalue weighted by Gasteiger charge is -2.09. The second kappa shape index (κ2) is 6.00. The molecule has 94 valence electrons. The van der Waals surface area contributed by atoms with Gasteiger partial charge in [0.25, 0.3) is 0 Å². The Morgan fingerprint density at radius 2 is 2.00 bits per heavy atom. The van der Waals surface area contributed by atoms with Crippen LogP contribution in [0, 0.1) is 6.92 Å². The number of nitrogens with one attached hydrogen (secondary N) is 1. The van der Waals surface area contributed by atoms with Crippen molar-refractivity contribution < 1.29 is 4.74 Å². The molecule has 0 spiro atoms. The molecule has 0 aliphatic heterocycles. The average Bonchev–Trinajstić information content (AvgIpc) is 2.41. The van der Waals surface area contributed by atoms with Crippen LogP contribution in [0.5, 0.6) is 11.6 Å². The molecule has 0 unspecified atom stereocenters. The Balaban J connectivity index is 2.16. The van der Waals surface area contributed by atoms with Crippen LogP contribution in [0.25, 0.3) is 0 Å². The summed E-state index contributed by atoms with van der Waals surface area (Å²) >= 11 is 0. The highest BCUT2D eigenvalue weighted by Gasteiger charge is 2.05. The van der Waals surface area contributed by atoms with E-state index in [0.29, 0.717) is 11.8 Å². The molecule has 0 fully saturated rings. The van der Waals surface area contributed by atoms with Crippen molar-refractivity contribution in [3.8, 4) is 11.6 Å². The van der Waals surface area contributed by atoms with Crippen LogP contribution in [0.1, 0.15) is 18.9 Å². The van der Waals surface area contributed by atoms with Crippen LogP contribution in [0.2, 0.25) is 0 Å². The fourth-order valence-corrected chi connectivity index (χ4v) is 1.45. The van der Waals surface area contributed by atoms with E-state index in [1.807, 2.05) is 37.3 Å². The van der Waals surface area contributed by atoms with Gasteiger partial charge in [-0.15, -0.1) is 0 Å². The largest absolute Gasteiger partial charge is 0.439 e. The predicted molar refractivity (Wildman–Crippen MR) is 72.1 cm³/mol. The Bertz CT molecular complexity index is 500. The minimum Gasteiger partial charge on any atom is -0.439 e. The van der Waals surface area contributed by atoms with Gasteiger partial charge in [0.15, 0.2) is 0 Å². The minimum absolute atomic E-state index is 0.592. The molecule has 0 atom stereocenters. The lowest BCUT2D eigenvalue weighted by Crippen LogP contribution is -2.05. The van der Waals surface area contributed by atoms with Gasteiger partial charge in [-0.1, -0.05) is 25.1 Å². The van der Waals surface area contributed by atoms with Crippen LogP contribution >= 0.6 is 0 Å². The number of nitrogens with zero attached hydrogens (tertiary/aromatic N) is 2. The first-order valence-corrected chi connectivity index (χ1v) is 6.10. The molecule has 0 aliphatic carbocycles. The van der Waals surface area contributed by atoms with Crippen LogP contribution < -0.4 is 10.1 Å². The number of aryl methyl sites for hydroxylation is 1. The van der Waals surface area contributed by atoms with Gasteiger partial charge in [0, 0.05) is 18.3 Å². The Kier molecular flexibility index (Phi) is 4.12. The first kappa shape index (κ1) is 12.4. The first-order chi connectivity index (χ1) is 8.79. The van der Waals surface area contributed by atoms with Gasteiger partial charge in [-0.3, -0.25) is 0 Å². The van der Waals surface area contributed by atoms with Gasteiger partial charge in [0.2, 0.25) is 11.8 Å². The summed E-state index contributed by atoms with van der Waals surface area (Å²) in [5.41, 5.74) is 0.918. The highest BCUT2D eigenvalue weighted by atomic mass is 16.5. The third-order valence-corrected chi connectivity index (χ3v) is 2.42. The number of aromatic nitrogens is 2. The van der Waals surface area contributed by atoms with Crippen molar-refractivity contribution >= 4 is 5.95 Å². The van der Waals surface area contributed by atoms with E-state index in [2.05, 4.69) is 22.2 Å². The van der Waals surface area contributed by atoms with Crippen molar-refractivity contribution in [2.45, 2.75) is 20.3 Å². The zero-order valence-corrected chi connectivity index (χ0v) is 10.7. The quantitative estimate of drug-likeness (QED) is 0.874. The Labute approximate surface area is 107 Å². The second-order valence-electron chi connectivity index (χ2n) is 4.02. The maximum absolute atomic E-state index is 5.74. The molecule has 1 aromatic carbocycles. The van der Waals surface area contributed by atoms with Crippen LogP contribution in [0.3, 0.4) is 0 Å². The molecule has 2 aromatic rings. The molecule has 0 amide bonds. The van der Waals surface area contributed by atoms with E-state index in [1.165, 1.54) is 0 Å². The summed E-state index contributed by atoms with van der Waals surface area (Å²) in [6, 6.07) is 9.62. The fraction of sp³-hybridized carbons (Fsp3) is 0.286. The zero-order chi connectivity index (χ0) is 12.8. The Morgan fingerprint density at radius 3 is 2.72 bits per heavy atom. The summed E-state index contributed by atoms with van der Waals surface area (Å²) < 4.78 is 5.74. The molecular formula is C14H17N3O. The second-order valence-corrected chi connectivity index (χ2v) is 4.02. The van der Waals surface area contributed by atoms with Crippen LogP contribution in [0.15, 0.2) is 36.5 Å². The molecule has 1 N–H and O–H groups in total. The van der Waals surface area contributed by atoms with Crippen molar-refractivity contribution in [1.82, 2.24) is 9.97 Å². The number of rotatable bonds is 5. The number of anilines is 1. The third kappa shape index (κ3) is 3.20. The fourth-order valence-electron chi connectivity index (χ4n) is 1.45. The van der Waals surface area contributed by atoms with Gasteiger partial charge in [0.1, 0.15) is 5.75 Å². The molecular weight excluding hydrogens is 226 g/mol. The molecule has 0 saturated heterocycles. The monoisotopic (exact) mass is 243 g/mol. The lowest BCUT2D eigenvalue weighted by atomic mass is 10.3. The molecule has 4 heteroatoms. The van der Waals surface area contributed by atoms with Gasteiger partial charge in [-0.2, -0.15) is 4.98 Å². The SMILES string of the molecule is CCCNc1ncc(C)c(Oc2ccccc2)n1. The van der Waals surface area contributed by atoms with Crippen LogP contribution in [-0.4, -0.2) is 16.5 Å². The van der Waals surface area contributed by atoms with Gasteiger partial charge in [-0.25, -0.2) is 4.98 Å². The zero-order valence-electron chi connectivity index (χ0n) is 10.7. The summed E-state index contributed by atoms with van der Waals surface area (Å²) in [6.45, 7) is 4.89. The van der Waals surface area contributed by atoms with Gasteiger partial charge >= 0.3 is 0 Å². The average molecular weight is 243 g/mol. The number of ether oxygens (including phenoxy) is 1. The highest BCUT2D eigenvalue weighted by molar-refractivity contribution is 5.35. The van der Waals surface area contributed by atoms with Crippen LogP contribution in [0.4, 0.5) is 5.95 Å². The van der Waals surface area contributed by atoms with E-state index in [0.717, 1.165) is 24.3 Å². The van der Waals surface area contributed by atoms with Crippen molar-refractivity contribution in [1.29, 1.82) is 0 Å². The Hall–Kier alpha value is -2.10. The maximum atomic E-state index is 5.74. The van der Waals surface area contributed by atoms with E-state index in [4.69, 9.17) is 4.74 Å². The molecule has 2 rings (SSSR count). The molecule has 0 aliphatic rings. The summed E-state index contributed by atoms with van der Waals surface area (Å²) in [6.07, 6.45) is 2.80. The molecule has 4 nitrogen and oxygen atoms in total. The summed E-state index contributed by atoms with van der Waals surface area (Å²) in [4.78, 5) is 8.58. The molecule has 0 radical (unpaired) electrons. The van der Waals surface area contributed by atoms with E-state index >= 15 is 0 Å². The number of para-hydroxylation sites is 1. The highest BCUT2D eigenvalue weighted by Crippen LogP contribution is 2.22. The van der Waals surface area contributed by atoms with Crippen molar-refractivity contribution in [2.24, 2.45) is 0 Å². The minimum atomic E-state index is 0.592. The molecule has 18 heavy (non-hydrogen) atoms. The van der Waals surface area contributed by atoms with E-state index in [1.54, 1.807) is 6.20 Å². The summed E-state index contributed by atoms with van der Waals surface area (Å²) in [5, 5.41) is 3.15. The van der Waals surface area contributed by atoms with Crippen molar-refractivity contribution in [3.05, 3.63) is 42.1 Å². The third-order valence-electron chi connectivity index (χ3n) is 2.42. The van der Waals surface area contributed by atoms with Crippen molar-refractivity contribution in [3.63, 3.8) is 0 Å². The van der Waals surface area contributed by atoms with Crippen LogP contribution in [-0.2, 0) is 0 Å². The van der Waals surface area contributed by atoms with E-state index in [9.17, 15) is 0 Å². The maximum Gasteiger partial charge on any atom is 0.226 e. The standard InChI is InChI=1S/C14H17N3O/c1-3-9-15-14-16-10-11(2)13(17-14)18-12-7-5-4-6-8-12/h4-8,10H,3,9H2,1-2H3,(H,15,16,17). The normalized spacial score (nSPS) is 10.1. The van der Waals surface area contributed by atoms with Gasteiger partial charge in [-0.05, 0) is 25.5 Å². The smallest absolute Gasteiger partial charge is 0.226 e. The topological polar surface area (TPSA) is 47.0 Å². The van der Waals surface area contributed by atoms with E-state index < -0.39 is 0 Å². The van der Waals surface area contributed by atoms with Gasteiger partial charge < -0.3 is 10.1 Å². The van der Waals surface area contributed by atoms with E-state index in [-0.39, 0.29) is 0 Å². The predicted octanol–water partition coefficient (Wildman–Crippen LogP) is 3.40. The number of hydrogen-bond acceptors (Lipinski definition) is 4. The number of hydrogen-bond donors (Lipinski definition) is 1.